The van der Waals surface area contributed by atoms with Crippen LogP contribution in [0.1, 0.15) is 41.3 Å². The molecule has 3 nitrogen and oxygen atoms in total. The molecule has 36 heavy (non-hydrogen) atoms. The highest BCUT2D eigenvalue weighted by atomic mass is 19.4. The Kier molecular flexibility index (Phi) is 6.57. The van der Waals surface area contributed by atoms with Crippen molar-refractivity contribution in [2.75, 3.05) is 13.1 Å². The Balaban J connectivity index is 1.36. The van der Waals surface area contributed by atoms with E-state index >= 15 is 0 Å². The Morgan fingerprint density at radius 3 is 2.28 bits per heavy atom. The zero-order valence-electron chi connectivity index (χ0n) is 19.4. The molecule has 8 heteroatoms. The molecule has 0 aliphatic carbocycles. The van der Waals surface area contributed by atoms with Crippen molar-refractivity contribution in [1.29, 1.82) is 0 Å². The standard InChI is InChI=1S/C28H25F5N2O/c29-20-7-3-18(4-8-20)27(36)2-1-14-34-15-13-26-24(17-34)23-16-21(30)9-12-25(23)35(26)22-10-5-19(6-11-22)28(31,32)33/h3-12,16,27,36H,1-2,13-15,17H2. The summed E-state index contributed by atoms with van der Waals surface area (Å²) in [5.74, 6) is -0.712. The molecule has 1 N–H and O–H groups in total. The highest BCUT2D eigenvalue weighted by Crippen LogP contribution is 2.36. The average molecular weight is 501 g/mol. The van der Waals surface area contributed by atoms with Gasteiger partial charge in [0, 0.05) is 36.3 Å². The first kappa shape index (κ1) is 24.5. The second-order valence-corrected chi connectivity index (χ2v) is 9.20. The van der Waals surface area contributed by atoms with E-state index in [1.807, 2.05) is 4.57 Å². The predicted molar refractivity (Wildman–Crippen MR) is 128 cm³/mol. The molecule has 0 amide bonds. The van der Waals surface area contributed by atoms with E-state index in [0.29, 0.717) is 30.6 Å². The van der Waals surface area contributed by atoms with Gasteiger partial charge in [0.2, 0.25) is 0 Å². The molecule has 2 heterocycles. The molecule has 4 aromatic rings. The van der Waals surface area contributed by atoms with Crippen LogP contribution in [0, 0.1) is 11.6 Å². The number of hydrogen-bond donors (Lipinski definition) is 1. The average Bonchev–Trinajstić information content (AvgIpc) is 3.17. The SMILES string of the molecule is OC(CCCN1CCc2c(c3cc(F)ccc3n2-c2ccc(C(F)(F)F)cc2)C1)c1ccc(F)cc1. The molecule has 3 aromatic carbocycles. The molecule has 0 saturated carbocycles. The summed E-state index contributed by atoms with van der Waals surface area (Å²) < 4.78 is 68.4. The molecular weight excluding hydrogens is 475 g/mol. The number of hydrogen-bond acceptors (Lipinski definition) is 2. The molecule has 0 saturated heterocycles. The molecule has 1 atom stereocenters. The minimum Gasteiger partial charge on any atom is -0.388 e. The van der Waals surface area contributed by atoms with Crippen LogP contribution in [-0.2, 0) is 19.1 Å². The summed E-state index contributed by atoms with van der Waals surface area (Å²) >= 11 is 0. The van der Waals surface area contributed by atoms with E-state index in [-0.39, 0.29) is 11.6 Å². The fourth-order valence-corrected chi connectivity index (χ4v) is 5.03. The van der Waals surface area contributed by atoms with E-state index in [4.69, 9.17) is 0 Å². The normalized spacial score (nSPS) is 15.3. The van der Waals surface area contributed by atoms with Crippen LogP contribution < -0.4 is 0 Å². The maximum absolute atomic E-state index is 14.2. The third-order valence-electron chi connectivity index (χ3n) is 6.85. The second kappa shape index (κ2) is 9.67. The molecule has 5 rings (SSSR count). The van der Waals surface area contributed by atoms with Gasteiger partial charge in [-0.3, -0.25) is 4.90 Å². The zero-order chi connectivity index (χ0) is 25.4. The summed E-state index contributed by atoms with van der Waals surface area (Å²) in [4.78, 5) is 2.24. The van der Waals surface area contributed by atoms with Gasteiger partial charge in [0.1, 0.15) is 11.6 Å². The molecule has 1 aliphatic heterocycles. The van der Waals surface area contributed by atoms with Crippen molar-refractivity contribution < 1.29 is 27.1 Å². The maximum atomic E-state index is 14.2. The lowest BCUT2D eigenvalue weighted by atomic mass is 10.0. The number of aliphatic hydroxyl groups is 1. The lowest BCUT2D eigenvalue weighted by Gasteiger charge is -2.28. The fraction of sp³-hybridized carbons (Fsp3) is 0.286. The summed E-state index contributed by atoms with van der Waals surface area (Å²) in [6.45, 7) is 2.04. The Hall–Kier alpha value is -3.23. The lowest BCUT2D eigenvalue weighted by Crippen LogP contribution is -2.32. The molecule has 1 unspecified atom stereocenters. The molecule has 1 aliphatic rings. The van der Waals surface area contributed by atoms with Crippen LogP contribution in [0.4, 0.5) is 22.0 Å². The van der Waals surface area contributed by atoms with Crippen molar-refractivity contribution in [1.82, 2.24) is 9.47 Å². The largest absolute Gasteiger partial charge is 0.416 e. The van der Waals surface area contributed by atoms with E-state index in [1.54, 1.807) is 18.2 Å². The number of halogens is 5. The van der Waals surface area contributed by atoms with E-state index < -0.39 is 17.8 Å². The lowest BCUT2D eigenvalue weighted by molar-refractivity contribution is -0.137. The van der Waals surface area contributed by atoms with Gasteiger partial charge in [-0.15, -0.1) is 0 Å². The molecule has 1 aromatic heterocycles. The van der Waals surface area contributed by atoms with Crippen LogP contribution in [0.3, 0.4) is 0 Å². The highest BCUT2D eigenvalue weighted by molar-refractivity contribution is 5.87. The van der Waals surface area contributed by atoms with Crippen molar-refractivity contribution in [2.24, 2.45) is 0 Å². The molecular formula is C28H25F5N2O. The van der Waals surface area contributed by atoms with Crippen LogP contribution in [-0.4, -0.2) is 27.7 Å². The third kappa shape index (κ3) is 4.88. The van der Waals surface area contributed by atoms with Gasteiger partial charge in [-0.05, 0) is 85.1 Å². The zero-order valence-corrected chi connectivity index (χ0v) is 19.4. The third-order valence-corrected chi connectivity index (χ3v) is 6.85. The van der Waals surface area contributed by atoms with Gasteiger partial charge < -0.3 is 9.67 Å². The van der Waals surface area contributed by atoms with Gasteiger partial charge >= 0.3 is 6.18 Å². The highest BCUT2D eigenvalue weighted by Gasteiger charge is 2.30. The van der Waals surface area contributed by atoms with Crippen LogP contribution in [0.25, 0.3) is 16.6 Å². The van der Waals surface area contributed by atoms with E-state index in [1.165, 1.54) is 36.4 Å². The smallest absolute Gasteiger partial charge is 0.388 e. The van der Waals surface area contributed by atoms with Crippen LogP contribution >= 0.6 is 0 Å². The number of rotatable bonds is 6. The first-order valence-corrected chi connectivity index (χ1v) is 11.9. The second-order valence-electron chi connectivity index (χ2n) is 9.20. The molecule has 0 fully saturated rings. The number of alkyl halides is 3. The number of nitrogens with zero attached hydrogens (tertiary/aromatic N) is 2. The Labute approximate surface area is 205 Å². The van der Waals surface area contributed by atoms with E-state index in [2.05, 4.69) is 4.90 Å². The van der Waals surface area contributed by atoms with Gasteiger partial charge in [-0.25, -0.2) is 8.78 Å². The molecule has 0 spiro atoms. The van der Waals surface area contributed by atoms with Gasteiger partial charge in [0.05, 0.1) is 17.2 Å². The van der Waals surface area contributed by atoms with Crippen molar-refractivity contribution >= 4 is 10.9 Å². The van der Waals surface area contributed by atoms with Crippen LogP contribution in [0.15, 0.2) is 66.7 Å². The fourth-order valence-electron chi connectivity index (χ4n) is 5.03. The summed E-state index contributed by atoms with van der Waals surface area (Å²) in [5, 5.41) is 11.2. The summed E-state index contributed by atoms with van der Waals surface area (Å²) in [6, 6.07) is 15.4. The maximum Gasteiger partial charge on any atom is 0.416 e. The van der Waals surface area contributed by atoms with Gasteiger partial charge in [-0.2, -0.15) is 13.2 Å². The number of aliphatic hydroxyl groups excluding tert-OH is 1. The molecule has 0 bridgehead atoms. The predicted octanol–water partition coefficient (Wildman–Crippen LogP) is 6.80. The number of fused-ring (bicyclic) bond motifs is 3. The Morgan fingerprint density at radius 2 is 1.58 bits per heavy atom. The van der Waals surface area contributed by atoms with Crippen LogP contribution in [0.2, 0.25) is 0 Å². The molecule has 188 valence electrons. The van der Waals surface area contributed by atoms with Crippen molar-refractivity contribution in [2.45, 2.75) is 38.1 Å². The van der Waals surface area contributed by atoms with Crippen LogP contribution in [0.5, 0.6) is 0 Å². The number of aromatic nitrogens is 1. The van der Waals surface area contributed by atoms with Crippen molar-refractivity contribution in [3.8, 4) is 5.69 Å². The quantitative estimate of drug-likeness (QED) is 0.295. The first-order valence-electron chi connectivity index (χ1n) is 11.9. The topological polar surface area (TPSA) is 28.4 Å². The Morgan fingerprint density at radius 1 is 0.889 bits per heavy atom. The van der Waals surface area contributed by atoms with E-state index in [0.717, 1.165) is 53.8 Å². The molecule has 0 radical (unpaired) electrons. The van der Waals surface area contributed by atoms with Gasteiger partial charge in [0.15, 0.2) is 0 Å². The monoisotopic (exact) mass is 500 g/mol. The van der Waals surface area contributed by atoms with E-state index in [9.17, 15) is 27.1 Å². The van der Waals surface area contributed by atoms with Gasteiger partial charge in [-0.1, -0.05) is 12.1 Å². The summed E-state index contributed by atoms with van der Waals surface area (Å²) in [5.41, 5.74) is 3.27. The minimum atomic E-state index is -4.41. The summed E-state index contributed by atoms with van der Waals surface area (Å²) in [7, 11) is 0. The van der Waals surface area contributed by atoms with Gasteiger partial charge in [0.25, 0.3) is 0 Å². The summed E-state index contributed by atoms with van der Waals surface area (Å²) in [6.07, 6.45) is -3.18. The number of benzene rings is 3. The van der Waals surface area contributed by atoms with Crippen molar-refractivity contribution in [3.63, 3.8) is 0 Å². The van der Waals surface area contributed by atoms with Crippen molar-refractivity contribution in [3.05, 3.63) is 101 Å². The Bertz CT molecular complexity index is 1360. The minimum absolute atomic E-state index is 0.345. The first-order chi connectivity index (χ1) is 17.2.